The van der Waals surface area contributed by atoms with E-state index in [-0.39, 0.29) is 6.10 Å². The summed E-state index contributed by atoms with van der Waals surface area (Å²) in [5.74, 6) is 3.39. The molecule has 2 fully saturated rings. The molecule has 2 saturated carbocycles. The van der Waals surface area contributed by atoms with Gasteiger partial charge in [-0.1, -0.05) is 19.8 Å². The van der Waals surface area contributed by atoms with Gasteiger partial charge in [-0.15, -0.1) is 0 Å². The van der Waals surface area contributed by atoms with Crippen LogP contribution in [0.1, 0.15) is 45.4 Å². The number of aliphatic hydroxyl groups excluding tert-OH is 1. The van der Waals surface area contributed by atoms with E-state index < -0.39 is 0 Å². The van der Waals surface area contributed by atoms with E-state index in [0.29, 0.717) is 0 Å². The van der Waals surface area contributed by atoms with Crippen LogP contribution in [0.2, 0.25) is 0 Å². The first-order valence-corrected chi connectivity index (χ1v) is 5.31. The van der Waals surface area contributed by atoms with Crippen molar-refractivity contribution in [3.8, 4) is 0 Å². The van der Waals surface area contributed by atoms with Crippen LogP contribution >= 0.6 is 0 Å². The highest BCUT2D eigenvalue weighted by Crippen LogP contribution is 2.45. The van der Waals surface area contributed by atoms with Gasteiger partial charge in [0.1, 0.15) is 0 Å². The van der Waals surface area contributed by atoms with Crippen LogP contribution in [0.15, 0.2) is 0 Å². The van der Waals surface area contributed by atoms with Gasteiger partial charge in [0.2, 0.25) is 0 Å². The third kappa shape index (κ3) is 1.52. The van der Waals surface area contributed by atoms with E-state index in [1.54, 1.807) is 5.92 Å². The summed E-state index contributed by atoms with van der Waals surface area (Å²) in [6.07, 6.45) is 7.40. The van der Waals surface area contributed by atoms with E-state index in [1.807, 2.05) is 0 Å². The Morgan fingerprint density at radius 3 is 2.92 bits per heavy atom. The summed E-state index contributed by atoms with van der Waals surface area (Å²) >= 11 is 0. The molecular formula is C11H19O. The first-order chi connectivity index (χ1) is 5.77. The molecule has 2 rings (SSSR count). The third-order valence-electron chi connectivity index (χ3n) is 3.67. The highest BCUT2D eigenvalue weighted by atomic mass is 16.3. The Balaban J connectivity index is 1.99. The van der Waals surface area contributed by atoms with Crippen LogP contribution in [0.25, 0.3) is 0 Å². The molecule has 0 aromatic heterocycles. The second kappa shape index (κ2) is 3.37. The van der Waals surface area contributed by atoms with Crippen molar-refractivity contribution in [3.63, 3.8) is 0 Å². The second-order valence-corrected chi connectivity index (χ2v) is 4.53. The molecule has 0 amide bonds. The molecule has 69 valence electrons. The number of aliphatic hydroxyl groups is 1. The minimum absolute atomic E-state index is 0.00375. The predicted octanol–water partition coefficient (Wildman–Crippen LogP) is 2.54. The van der Waals surface area contributed by atoms with Gasteiger partial charge in [-0.3, -0.25) is 0 Å². The maximum atomic E-state index is 9.52. The van der Waals surface area contributed by atoms with Crippen LogP contribution in [0, 0.1) is 17.8 Å². The molecule has 3 unspecified atom stereocenters. The fourth-order valence-electron chi connectivity index (χ4n) is 2.94. The summed E-state index contributed by atoms with van der Waals surface area (Å²) < 4.78 is 0. The van der Waals surface area contributed by atoms with E-state index in [9.17, 15) is 5.11 Å². The van der Waals surface area contributed by atoms with Crippen molar-refractivity contribution in [2.75, 3.05) is 0 Å². The minimum Gasteiger partial charge on any atom is -0.393 e. The summed E-state index contributed by atoms with van der Waals surface area (Å²) in [5.41, 5.74) is 0. The standard InChI is InChI=1S/C11H19O/c1-8-3-2-4-9-7-10(12)5-6-11(8)9/h8-10,12H,2-7H2,1H3. The average Bonchev–Trinajstić information content (AvgIpc) is 2.04. The Labute approximate surface area is 75.2 Å². The fourth-order valence-corrected chi connectivity index (χ4v) is 2.94. The van der Waals surface area contributed by atoms with Gasteiger partial charge in [0.15, 0.2) is 0 Å². The van der Waals surface area contributed by atoms with Gasteiger partial charge in [-0.25, -0.2) is 0 Å². The molecule has 0 bridgehead atoms. The Hall–Kier alpha value is -0.0400. The molecule has 3 atom stereocenters. The highest BCUT2D eigenvalue weighted by molar-refractivity contribution is 5.06. The van der Waals surface area contributed by atoms with Crippen LogP contribution in [-0.2, 0) is 0 Å². The summed E-state index contributed by atoms with van der Waals surface area (Å²) in [7, 11) is 0. The Morgan fingerprint density at radius 2 is 2.08 bits per heavy atom. The lowest BCUT2D eigenvalue weighted by Crippen LogP contribution is -2.32. The van der Waals surface area contributed by atoms with Gasteiger partial charge < -0.3 is 5.11 Å². The molecule has 0 aliphatic heterocycles. The van der Waals surface area contributed by atoms with E-state index >= 15 is 0 Å². The summed E-state index contributed by atoms with van der Waals surface area (Å²) in [5, 5.41) is 9.52. The van der Waals surface area contributed by atoms with Crippen LogP contribution in [-0.4, -0.2) is 11.2 Å². The van der Waals surface area contributed by atoms with Gasteiger partial charge in [0.05, 0.1) is 6.10 Å². The first kappa shape index (κ1) is 8.55. The van der Waals surface area contributed by atoms with Gasteiger partial charge in [0.25, 0.3) is 0 Å². The first-order valence-electron chi connectivity index (χ1n) is 5.31. The maximum Gasteiger partial charge on any atom is 0.0543 e. The number of fused-ring (bicyclic) bond motifs is 1. The third-order valence-corrected chi connectivity index (χ3v) is 3.67. The van der Waals surface area contributed by atoms with Crippen LogP contribution in [0.5, 0.6) is 0 Å². The molecule has 1 radical (unpaired) electrons. The van der Waals surface area contributed by atoms with Crippen molar-refractivity contribution < 1.29 is 5.11 Å². The van der Waals surface area contributed by atoms with E-state index in [2.05, 4.69) is 6.92 Å². The fraction of sp³-hybridized carbons (Fsp3) is 0.909. The van der Waals surface area contributed by atoms with E-state index in [0.717, 1.165) is 24.7 Å². The van der Waals surface area contributed by atoms with Crippen molar-refractivity contribution in [2.24, 2.45) is 11.8 Å². The SMILES string of the molecule is CC1CCCC2CC(O)CC[C]12. The number of hydrogen-bond donors (Lipinski definition) is 1. The minimum atomic E-state index is 0.00375. The van der Waals surface area contributed by atoms with Crippen LogP contribution < -0.4 is 0 Å². The van der Waals surface area contributed by atoms with Gasteiger partial charge in [-0.2, -0.15) is 0 Å². The van der Waals surface area contributed by atoms with E-state index in [4.69, 9.17) is 0 Å². The lowest BCUT2D eigenvalue weighted by Gasteiger charge is -2.41. The predicted molar refractivity (Wildman–Crippen MR) is 49.6 cm³/mol. The molecule has 12 heavy (non-hydrogen) atoms. The second-order valence-electron chi connectivity index (χ2n) is 4.53. The quantitative estimate of drug-likeness (QED) is 0.588. The van der Waals surface area contributed by atoms with Crippen LogP contribution in [0.3, 0.4) is 0 Å². The Morgan fingerprint density at radius 1 is 1.25 bits per heavy atom. The van der Waals surface area contributed by atoms with Gasteiger partial charge >= 0.3 is 0 Å². The molecule has 2 aliphatic rings. The molecule has 0 heterocycles. The van der Waals surface area contributed by atoms with Gasteiger partial charge in [0, 0.05) is 0 Å². The summed E-state index contributed by atoms with van der Waals surface area (Å²) in [6.45, 7) is 2.36. The Bertz CT molecular complexity index is 155. The van der Waals surface area contributed by atoms with Gasteiger partial charge in [-0.05, 0) is 43.4 Å². The largest absolute Gasteiger partial charge is 0.393 e. The topological polar surface area (TPSA) is 20.2 Å². The van der Waals surface area contributed by atoms with Crippen molar-refractivity contribution in [1.29, 1.82) is 0 Å². The molecule has 0 aromatic carbocycles. The molecule has 2 aliphatic carbocycles. The van der Waals surface area contributed by atoms with E-state index in [1.165, 1.54) is 25.7 Å². The smallest absolute Gasteiger partial charge is 0.0543 e. The lowest BCUT2D eigenvalue weighted by atomic mass is 9.65. The molecular weight excluding hydrogens is 148 g/mol. The monoisotopic (exact) mass is 167 g/mol. The lowest BCUT2D eigenvalue weighted by molar-refractivity contribution is 0.0893. The summed E-state index contributed by atoms with van der Waals surface area (Å²) in [6, 6.07) is 0. The zero-order valence-electron chi connectivity index (χ0n) is 7.92. The molecule has 1 nitrogen and oxygen atoms in total. The van der Waals surface area contributed by atoms with Crippen molar-refractivity contribution in [2.45, 2.75) is 51.6 Å². The average molecular weight is 167 g/mol. The van der Waals surface area contributed by atoms with Crippen molar-refractivity contribution in [1.82, 2.24) is 0 Å². The van der Waals surface area contributed by atoms with Crippen LogP contribution in [0.4, 0.5) is 0 Å². The number of hydrogen-bond acceptors (Lipinski definition) is 1. The van der Waals surface area contributed by atoms with Crippen molar-refractivity contribution in [3.05, 3.63) is 5.92 Å². The maximum absolute atomic E-state index is 9.52. The molecule has 0 saturated heterocycles. The summed E-state index contributed by atoms with van der Waals surface area (Å²) in [4.78, 5) is 0. The number of rotatable bonds is 0. The zero-order valence-corrected chi connectivity index (χ0v) is 7.92. The van der Waals surface area contributed by atoms with Crippen molar-refractivity contribution >= 4 is 0 Å². The highest BCUT2D eigenvalue weighted by Gasteiger charge is 2.35. The molecule has 0 aromatic rings. The molecule has 0 spiro atoms. The zero-order chi connectivity index (χ0) is 8.55. The normalized spacial score (nSPS) is 44.0. The molecule has 1 heteroatoms. The Kier molecular flexibility index (Phi) is 2.40. The molecule has 1 N–H and O–H groups in total.